The maximum absolute atomic E-state index is 5.67. The lowest BCUT2D eigenvalue weighted by molar-refractivity contribution is 0.315. The third-order valence-electron chi connectivity index (χ3n) is 3.28. The highest BCUT2D eigenvalue weighted by Gasteiger charge is 2.05. The number of nitrogens with two attached hydrogens (primary N) is 1. The van der Waals surface area contributed by atoms with Crippen molar-refractivity contribution in [2.24, 2.45) is 0 Å². The lowest BCUT2D eigenvalue weighted by Gasteiger charge is -2.02. The lowest BCUT2D eigenvalue weighted by Crippen LogP contribution is -1.79. The second-order valence-corrected chi connectivity index (χ2v) is 5.67. The van der Waals surface area contributed by atoms with Crippen molar-refractivity contribution in [2.45, 2.75) is 0 Å². The molecule has 2 aromatic carbocycles. The Hall–Kier alpha value is -2.73. The number of nitrogens with zero attached hydrogens (tertiary/aromatic N) is 3. The summed E-state index contributed by atoms with van der Waals surface area (Å²) in [5, 5.41) is 8.25. The highest BCUT2D eigenvalue weighted by Crippen LogP contribution is 2.30. The van der Waals surface area contributed by atoms with Crippen molar-refractivity contribution < 1.29 is 4.63 Å². The number of benzene rings is 2. The van der Waals surface area contributed by atoms with E-state index in [0.29, 0.717) is 5.13 Å². The molecule has 0 saturated carbocycles. The fraction of sp³-hybridized carbons (Fsp3) is 0. The van der Waals surface area contributed by atoms with E-state index in [2.05, 4.69) is 39.6 Å². The summed E-state index contributed by atoms with van der Waals surface area (Å²) in [4.78, 5) is 5.14. The monoisotopic (exact) mass is 294 g/mol. The number of hydrogen-bond acceptors (Lipinski definition) is 6. The van der Waals surface area contributed by atoms with E-state index in [0.717, 1.165) is 32.6 Å². The molecule has 0 aliphatic heterocycles. The molecule has 0 bridgehead atoms. The molecule has 0 saturated heterocycles. The maximum Gasteiger partial charge on any atom is 0.180 e. The first kappa shape index (κ1) is 12.0. The quantitative estimate of drug-likeness (QED) is 0.611. The van der Waals surface area contributed by atoms with Gasteiger partial charge in [-0.1, -0.05) is 41.7 Å². The Morgan fingerprint density at radius 3 is 2.33 bits per heavy atom. The van der Waals surface area contributed by atoms with Crippen molar-refractivity contribution in [1.29, 1.82) is 0 Å². The van der Waals surface area contributed by atoms with Gasteiger partial charge in [0.15, 0.2) is 5.13 Å². The van der Waals surface area contributed by atoms with Gasteiger partial charge < -0.3 is 5.73 Å². The van der Waals surface area contributed by atoms with Crippen LogP contribution in [0.3, 0.4) is 0 Å². The molecule has 2 N–H and O–H groups in total. The summed E-state index contributed by atoms with van der Waals surface area (Å²) in [5.74, 6) is 0. The molecule has 0 aliphatic carbocycles. The molecular formula is C15H10N4OS. The van der Waals surface area contributed by atoms with Crippen LogP contribution in [0.5, 0.6) is 0 Å². The lowest BCUT2D eigenvalue weighted by atomic mass is 10.0. The van der Waals surface area contributed by atoms with Crippen molar-refractivity contribution in [2.75, 3.05) is 5.73 Å². The number of fused-ring (bicyclic) bond motifs is 1. The summed E-state index contributed by atoms with van der Waals surface area (Å²) in [6, 6.07) is 14.1. The Morgan fingerprint density at radius 2 is 1.57 bits per heavy atom. The number of hydrogen-bond donors (Lipinski definition) is 1. The molecule has 102 valence electrons. The van der Waals surface area contributed by atoms with Gasteiger partial charge in [-0.25, -0.2) is 9.61 Å². The van der Waals surface area contributed by atoms with E-state index in [1.165, 1.54) is 11.3 Å². The normalized spacial score (nSPS) is 11.0. The third-order valence-corrected chi connectivity index (χ3v) is 4.16. The van der Waals surface area contributed by atoms with E-state index in [9.17, 15) is 0 Å². The van der Waals surface area contributed by atoms with Crippen molar-refractivity contribution in [3.05, 3.63) is 48.7 Å². The van der Waals surface area contributed by atoms with Crippen LogP contribution < -0.4 is 5.73 Å². The SMILES string of the molecule is Nc1ncc(-c2ccc(-c3ccc4nonc4c3)cc2)s1. The third kappa shape index (κ3) is 2.15. The Kier molecular flexibility index (Phi) is 2.68. The minimum Gasteiger partial charge on any atom is -0.375 e. The molecule has 0 amide bonds. The van der Waals surface area contributed by atoms with Crippen molar-refractivity contribution in [1.82, 2.24) is 15.3 Å². The number of thiazole rings is 1. The van der Waals surface area contributed by atoms with Crippen molar-refractivity contribution in [3.63, 3.8) is 0 Å². The molecule has 2 heterocycles. The van der Waals surface area contributed by atoms with Crippen LogP contribution in [0.25, 0.3) is 32.6 Å². The highest BCUT2D eigenvalue weighted by molar-refractivity contribution is 7.18. The summed E-state index contributed by atoms with van der Waals surface area (Å²) >= 11 is 1.48. The first-order valence-electron chi connectivity index (χ1n) is 6.34. The molecule has 4 rings (SSSR count). The van der Waals surface area contributed by atoms with E-state index in [-0.39, 0.29) is 0 Å². The summed E-state index contributed by atoms with van der Waals surface area (Å²) in [7, 11) is 0. The van der Waals surface area contributed by atoms with Crippen LogP contribution in [-0.4, -0.2) is 15.3 Å². The first-order valence-corrected chi connectivity index (χ1v) is 7.16. The van der Waals surface area contributed by atoms with Crippen LogP contribution >= 0.6 is 11.3 Å². The van der Waals surface area contributed by atoms with E-state index in [4.69, 9.17) is 10.4 Å². The maximum atomic E-state index is 5.67. The van der Waals surface area contributed by atoms with Crippen LogP contribution in [0, 0.1) is 0 Å². The Bertz CT molecular complexity index is 911. The van der Waals surface area contributed by atoms with Gasteiger partial charge in [-0.05, 0) is 39.1 Å². The number of anilines is 1. The number of rotatable bonds is 2. The van der Waals surface area contributed by atoms with Crippen LogP contribution in [0.2, 0.25) is 0 Å². The predicted molar refractivity (Wildman–Crippen MR) is 82.8 cm³/mol. The van der Waals surface area contributed by atoms with Gasteiger partial charge >= 0.3 is 0 Å². The largest absolute Gasteiger partial charge is 0.375 e. The second kappa shape index (κ2) is 4.68. The summed E-state index contributed by atoms with van der Waals surface area (Å²) in [6.45, 7) is 0. The van der Waals surface area contributed by atoms with E-state index in [1.54, 1.807) is 6.20 Å². The molecule has 21 heavy (non-hydrogen) atoms. The number of nitrogen functional groups attached to an aromatic ring is 1. The topological polar surface area (TPSA) is 77.8 Å². The van der Waals surface area contributed by atoms with Gasteiger partial charge in [0.1, 0.15) is 11.0 Å². The van der Waals surface area contributed by atoms with Crippen molar-refractivity contribution >= 4 is 27.5 Å². The van der Waals surface area contributed by atoms with Gasteiger partial charge in [-0.3, -0.25) is 0 Å². The highest BCUT2D eigenvalue weighted by atomic mass is 32.1. The van der Waals surface area contributed by atoms with Gasteiger partial charge in [0.05, 0.1) is 4.88 Å². The smallest absolute Gasteiger partial charge is 0.180 e. The fourth-order valence-corrected chi connectivity index (χ4v) is 2.90. The molecule has 0 spiro atoms. The summed E-state index contributed by atoms with van der Waals surface area (Å²) in [5.41, 5.74) is 10.5. The predicted octanol–water partition coefficient (Wildman–Crippen LogP) is 3.60. The Balaban J connectivity index is 1.72. The minimum absolute atomic E-state index is 0.582. The van der Waals surface area contributed by atoms with Crippen LogP contribution in [0.4, 0.5) is 5.13 Å². The molecular weight excluding hydrogens is 284 g/mol. The molecule has 2 aromatic heterocycles. The van der Waals surface area contributed by atoms with E-state index in [1.807, 2.05) is 18.2 Å². The molecule has 5 nitrogen and oxygen atoms in total. The Morgan fingerprint density at radius 1 is 0.857 bits per heavy atom. The minimum atomic E-state index is 0.582. The second-order valence-electron chi connectivity index (χ2n) is 4.61. The zero-order valence-corrected chi connectivity index (χ0v) is 11.7. The Labute approximate surface area is 124 Å². The molecule has 0 fully saturated rings. The molecule has 0 radical (unpaired) electrons. The average molecular weight is 294 g/mol. The molecule has 6 heteroatoms. The fourth-order valence-electron chi connectivity index (χ4n) is 2.21. The van der Waals surface area contributed by atoms with E-state index < -0.39 is 0 Å². The van der Waals surface area contributed by atoms with Crippen molar-refractivity contribution in [3.8, 4) is 21.6 Å². The number of aromatic nitrogens is 3. The van der Waals surface area contributed by atoms with Gasteiger partial charge in [0.25, 0.3) is 0 Å². The zero-order valence-electron chi connectivity index (χ0n) is 10.9. The first-order chi connectivity index (χ1) is 10.3. The van der Waals surface area contributed by atoms with Gasteiger partial charge in [0.2, 0.25) is 0 Å². The molecule has 0 unspecified atom stereocenters. The van der Waals surface area contributed by atoms with E-state index >= 15 is 0 Å². The molecule has 0 aliphatic rings. The van der Waals surface area contributed by atoms with Crippen LogP contribution in [0.1, 0.15) is 0 Å². The zero-order chi connectivity index (χ0) is 14.2. The summed E-state index contributed by atoms with van der Waals surface area (Å²) < 4.78 is 4.72. The van der Waals surface area contributed by atoms with Gasteiger partial charge in [-0.2, -0.15) is 0 Å². The summed E-state index contributed by atoms with van der Waals surface area (Å²) in [6.07, 6.45) is 1.79. The average Bonchev–Trinajstić information content (AvgIpc) is 3.15. The van der Waals surface area contributed by atoms with Crippen LogP contribution in [0.15, 0.2) is 53.3 Å². The standard InChI is InChI=1S/C15H10N4OS/c16-15-17-8-14(21-15)10-3-1-9(2-4-10)11-5-6-12-13(7-11)19-20-18-12/h1-8H,(H2,16,17). The van der Waals surface area contributed by atoms with Crippen LogP contribution in [-0.2, 0) is 0 Å². The molecule has 0 atom stereocenters. The van der Waals surface area contributed by atoms with Gasteiger partial charge in [-0.15, -0.1) is 0 Å². The van der Waals surface area contributed by atoms with Gasteiger partial charge in [0, 0.05) is 6.20 Å². The molecule has 4 aromatic rings.